The van der Waals surface area contributed by atoms with Crippen LogP contribution in [0.5, 0.6) is 0 Å². The summed E-state index contributed by atoms with van der Waals surface area (Å²) < 4.78 is 0. The van der Waals surface area contributed by atoms with Crippen LogP contribution >= 0.6 is 11.3 Å². The van der Waals surface area contributed by atoms with E-state index in [2.05, 4.69) is 29.4 Å². The van der Waals surface area contributed by atoms with Crippen molar-refractivity contribution in [2.75, 3.05) is 0 Å². The third kappa shape index (κ3) is 3.82. The molecule has 6 heteroatoms. The van der Waals surface area contributed by atoms with Gasteiger partial charge in [0.15, 0.2) is 0 Å². The molecule has 3 N–H and O–H groups in total. The number of aryl methyl sites for hydroxylation is 2. The van der Waals surface area contributed by atoms with Crippen LogP contribution in [-0.4, -0.2) is 16.8 Å². The van der Waals surface area contributed by atoms with Gasteiger partial charge in [-0.1, -0.05) is 61.5 Å². The van der Waals surface area contributed by atoms with Gasteiger partial charge in [-0.25, -0.2) is 4.98 Å². The predicted octanol–water partition coefficient (Wildman–Crippen LogP) is 3.81. The van der Waals surface area contributed by atoms with Gasteiger partial charge in [0.25, 0.3) is 5.91 Å². The average molecular weight is 394 g/mol. The van der Waals surface area contributed by atoms with E-state index in [1.165, 1.54) is 16.9 Å². The molecule has 0 bridgehead atoms. The van der Waals surface area contributed by atoms with Gasteiger partial charge in [0.1, 0.15) is 15.4 Å². The maximum absolute atomic E-state index is 13.0. The lowest BCUT2D eigenvalue weighted by Crippen LogP contribution is -2.52. The van der Waals surface area contributed by atoms with Crippen molar-refractivity contribution in [2.24, 2.45) is 5.73 Å². The van der Waals surface area contributed by atoms with E-state index in [0.717, 1.165) is 17.0 Å². The van der Waals surface area contributed by atoms with Crippen LogP contribution in [0.2, 0.25) is 0 Å². The fourth-order valence-electron chi connectivity index (χ4n) is 2.94. The van der Waals surface area contributed by atoms with Crippen LogP contribution in [0.15, 0.2) is 54.6 Å². The molecule has 0 fully saturated rings. The summed E-state index contributed by atoms with van der Waals surface area (Å²) in [6.45, 7) is 5.51. The molecule has 0 saturated heterocycles. The third-order valence-electron chi connectivity index (χ3n) is 4.82. The molecule has 1 heterocycles. The van der Waals surface area contributed by atoms with Crippen molar-refractivity contribution >= 4 is 23.2 Å². The zero-order chi connectivity index (χ0) is 20.3. The van der Waals surface area contributed by atoms with Gasteiger partial charge in [-0.15, -0.1) is 11.3 Å². The van der Waals surface area contributed by atoms with E-state index in [9.17, 15) is 9.59 Å². The molecule has 5 nitrogen and oxygen atoms in total. The van der Waals surface area contributed by atoms with Gasteiger partial charge in [-0.3, -0.25) is 9.59 Å². The van der Waals surface area contributed by atoms with E-state index < -0.39 is 11.4 Å². The first-order chi connectivity index (χ1) is 13.3. The Hall–Kier alpha value is -2.99. The number of carbonyl (C=O) groups excluding carboxylic acids is 2. The van der Waals surface area contributed by atoms with Crippen molar-refractivity contribution < 1.29 is 9.59 Å². The Bertz CT molecular complexity index is 996. The number of nitrogens with two attached hydrogens (primary N) is 1. The Morgan fingerprint density at radius 3 is 2.32 bits per heavy atom. The number of thiazole rings is 1. The first kappa shape index (κ1) is 19.8. The first-order valence-corrected chi connectivity index (χ1v) is 9.91. The Morgan fingerprint density at radius 2 is 1.75 bits per heavy atom. The predicted molar refractivity (Wildman–Crippen MR) is 112 cm³/mol. The molecular weight excluding hydrogens is 370 g/mol. The largest absolute Gasteiger partial charge is 0.367 e. The number of hydrogen-bond donors (Lipinski definition) is 2. The van der Waals surface area contributed by atoms with Crippen molar-refractivity contribution in [1.29, 1.82) is 0 Å². The van der Waals surface area contributed by atoms with E-state index in [-0.39, 0.29) is 5.91 Å². The molecule has 1 atom stereocenters. The summed E-state index contributed by atoms with van der Waals surface area (Å²) >= 11 is 1.31. The van der Waals surface area contributed by atoms with Gasteiger partial charge < -0.3 is 11.1 Å². The lowest BCUT2D eigenvalue weighted by atomic mass is 9.91. The summed E-state index contributed by atoms with van der Waals surface area (Å²) in [5.41, 5.74) is 7.78. The summed E-state index contributed by atoms with van der Waals surface area (Å²) in [6.07, 6.45) is 0.968. The summed E-state index contributed by atoms with van der Waals surface area (Å²) in [4.78, 5) is 30.1. The standard InChI is InChI=1S/C22H23N3O2S/c1-4-15-10-12-16(13-11-15)20-24-14(2)18(28-20)19(26)25-22(3,21(23)27)17-8-6-5-7-9-17/h5-13H,4H2,1-3H3,(H2,23,27)(H,25,26). The smallest absolute Gasteiger partial charge is 0.264 e. The average Bonchev–Trinajstić information content (AvgIpc) is 3.10. The van der Waals surface area contributed by atoms with Crippen LogP contribution in [0.4, 0.5) is 0 Å². The molecule has 2 aromatic carbocycles. The molecule has 3 rings (SSSR count). The minimum Gasteiger partial charge on any atom is -0.367 e. The highest BCUT2D eigenvalue weighted by Crippen LogP contribution is 2.29. The summed E-state index contributed by atoms with van der Waals surface area (Å²) in [5, 5.41) is 3.58. The van der Waals surface area contributed by atoms with Crippen molar-refractivity contribution in [3.63, 3.8) is 0 Å². The van der Waals surface area contributed by atoms with Gasteiger partial charge in [-0.05, 0) is 31.4 Å². The third-order valence-corrected chi connectivity index (χ3v) is 6.02. The van der Waals surface area contributed by atoms with Crippen LogP contribution in [0, 0.1) is 6.92 Å². The van der Waals surface area contributed by atoms with Crippen LogP contribution in [0.25, 0.3) is 10.6 Å². The molecule has 2 amide bonds. The molecule has 3 aromatic rings. The van der Waals surface area contributed by atoms with Gasteiger partial charge in [-0.2, -0.15) is 0 Å². The molecular formula is C22H23N3O2S. The second-order valence-electron chi connectivity index (χ2n) is 6.79. The number of nitrogens with one attached hydrogen (secondary N) is 1. The summed E-state index contributed by atoms with van der Waals surface area (Å²) in [7, 11) is 0. The lowest BCUT2D eigenvalue weighted by molar-refractivity contribution is -0.123. The topological polar surface area (TPSA) is 85.1 Å². The highest BCUT2D eigenvalue weighted by Gasteiger charge is 2.36. The van der Waals surface area contributed by atoms with Gasteiger partial charge >= 0.3 is 0 Å². The molecule has 1 unspecified atom stereocenters. The number of amides is 2. The van der Waals surface area contributed by atoms with Gasteiger partial charge in [0, 0.05) is 5.56 Å². The number of rotatable bonds is 6. The first-order valence-electron chi connectivity index (χ1n) is 9.10. The molecule has 0 spiro atoms. The molecule has 1 aromatic heterocycles. The molecule has 0 aliphatic rings. The van der Waals surface area contributed by atoms with E-state index in [0.29, 0.717) is 16.1 Å². The van der Waals surface area contributed by atoms with E-state index >= 15 is 0 Å². The van der Waals surface area contributed by atoms with Gasteiger partial charge in [0.05, 0.1) is 5.69 Å². The monoisotopic (exact) mass is 393 g/mol. The number of primary amides is 1. The molecule has 144 valence electrons. The fraction of sp³-hybridized carbons (Fsp3) is 0.227. The molecule has 0 radical (unpaired) electrons. The van der Waals surface area contributed by atoms with Crippen LogP contribution in [0.1, 0.15) is 40.3 Å². The van der Waals surface area contributed by atoms with Crippen molar-refractivity contribution in [1.82, 2.24) is 10.3 Å². The minimum atomic E-state index is -1.31. The van der Waals surface area contributed by atoms with Crippen molar-refractivity contribution in [2.45, 2.75) is 32.7 Å². The zero-order valence-electron chi connectivity index (χ0n) is 16.2. The molecule has 28 heavy (non-hydrogen) atoms. The van der Waals surface area contributed by atoms with Crippen molar-refractivity contribution in [3.8, 4) is 10.6 Å². The Balaban J connectivity index is 1.90. The second kappa shape index (κ2) is 7.94. The molecule has 0 saturated carbocycles. The highest BCUT2D eigenvalue weighted by molar-refractivity contribution is 7.17. The SMILES string of the molecule is CCc1ccc(-c2nc(C)c(C(=O)NC(C)(C(N)=O)c3ccccc3)s2)cc1. The Morgan fingerprint density at radius 1 is 1.11 bits per heavy atom. The van der Waals surface area contributed by atoms with E-state index in [1.807, 2.05) is 18.2 Å². The fourth-order valence-corrected chi connectivity index (χ4v) is 3.91. The van der Waals surface area contributed by atoms with Crippen molar-refractivity contribution in [3.05, 3.63) is 76.3 Å². The second-order valence-corrected chi connectivity index (χ2v) is 7.79. The quantitative estimate of drug-likeness (QED) is 0.668. The highest BCUT2D eigenvalue weighted by atomic mass is 32.1. The van der Waals surface area contributed by atoms with Gasteiger partial charge in [0.2, 0.25) is 5.91 Å². The van der Waals surface area contributed by atoms with Crippen LogP contribution < -0.4 is 11.1 Å². The Kier molecular flexibility index (Phi) is 5.61. The maximum atomic E-state index is 13.0. The molecule has 0 aliphatic heterocycles. The molecule has 0 aliphatic carbocycles. The maximum Gasteiger partial charge on any atom is 0.264 e. The number of aromatic nitrogens is 1. The lowest BCUT2D eigenvalue weighted by Gasteiger charge is -2.27. The number of nitrogens with zero attached hydrogens (tertiary/aromatic N) is 1. The Labute approximate surface area is 168 Å². The van der Waals surface area contributed by atoms with Crippen LogP contribution in [0.3, 0.4) is 0 Å². The van der Waals surface area contributed by atoms with E-state index in [1.54, 1.807) is 38.1 Å². The van der Waals surface area contributed by atoms with Crippen LogP contribution in [-0.2, 0) is 16.8 Å². The van der Waals surface area contributed by atoms with E-state index in [4.69, 9.17) is 5.73 Å². The number of benzene rings is 2. The summed E-state index contributed by atoms with van der Waals surface area (Å²) in [6, 6.07) is 17.1. The number of hydrogen-bond acceptors (Lipinski definition) is 4. The number of carbonyl (C=O) groups is 2. The minimum absolute atomic E-state index is 0.364. The summed E-state index contributed by atoms with van der Waals surface area (Å²) in [5.74, 6) is -0.985. The normalized spacial score (nSPS) is 13.0. The zero-order valence-corrected chi connectivity index (χ0v) is 17.0.